The molecule has 1 aliphatic heterocycles. The third kappa shape index (κ3) is 11.8. The van der Waals surface area contributed by atoms with Crippen LogP contribution in [0.25, 0.3) is 22.5 Å². The van der Waals surface area contributed by atoms with E-state index in [4.69, 9.17) is 4.42 Å². The van der Waals surface area contributed by atoms with Crippen LogP contribution in [0.15, 0.2) is 58.2 Å². The third-order valence-corrected chi connectivity index (χ3v) is 11.0. The number of para-hydroxylation sites is 1. The van der Waals surface area contributed by atoms with Crippen molar-refractivity contribution in [3.05, 3.63) is 76.4 Å². The molecule has 1 aromatic carbocycles. The van der Waals surface area contributed by atoms with Crippen LogP contribution in [0, 0.1) is 0 Å². The number of carbonyl (C=O) groups is 5. The fourth-order valence-corrected chi connectivity index (χ4v) is 7.46. The van der Waals surface area contributed by atoms with Gasteiger partial charge in [0.2, 0.25) is 35.4 Å². The first-order chi connectivity index (χ1) is 31.2. The number of piperidine rings is 1. The minimum absolute atomic E-state index is 0.0388. The van der Waals surface area contributed by atoms with E-state index in [0.29, 0.717) is 47.4 Å². The summed E-state index contributed by atoms with van der Waals surface area (Å²) in [4.78, 5) is 90.9. The van der Waals surface area contributed by atoms with Gasteiger partial charge in [-0.1, -0.05) is 12.1 Å². The second-order valence-electron chi connectivity index (χ2n) is 16.2. The number of oxazole rings is 1. The van der Waals surface area contributed by atoms with Gasteiger partial charge >= 0.3 is 11.9 Å². The van der Waals surface area contributed by atoms with E-state index in [1.807, 2.05) is 6.07 Å². The molecule has 0 spiro atoms. The van der Waals surface area contributed by atoms with Gasteiger partial charge in [0.15, 0.2) is 6.23 Å². The number of hydrogen-bond acceptors (Lipinski definition) is 14. The number of pyridine rings is 1. The molecule has 0 aliphatic carbocycles. The second kappa shape index (κ2) is 20.4. The standard InChI is InChI=1S/C42H52F3N13O8/c1-52(18-28-27(19-56(5)51-28)48-38(63)29-23-66-40(49-29)26-14-15-46-32(17-26)47-24-42(43,44)45)20-34(60)54(3)22-36(62)55(4)21-35(61)53(2)16-8-10-25-9-7-11-30-37(25)57(6)41(65)58(30)31-12-13-33(59)50-39(31)64/h7,9,11,14-15,17,19,23,31,38,48,63H,8,10,12-13,16,18,20-22,24H2,1-6H3,(H,46,47)(H,50,59,64). The summed E-state index contributed by atoms with van der Waals surface area (Å²) in [6.07, 6.45) is -0.304. The summed E-state index contributed by atoms with van der Waals surface area (Å²) in [6, 6.07) is 7.47. The molecule has 0 bridgehead atoms. The van der Waals surface area contributed by atoms with Gasteiger partial charge in [-0.3, -0.25) is 48.0 Å². The summed E-state index contributed by atoms with van der Waals surface area (Å²) in [6.45, 7) is -1.38. The summed E-state index contributed by atoms with van der Waals surface area (Å²) < 4.78 is 47.9. The molecule has 4 aromatic heterocycles. The fraction of sp³-hybridized carbons (Fsp3) is 0.452. The second-order valence-corrected chi connectivity index (χ2v) is 16.2. The molecule has 66 heavy (non-hydrogen) atoms. The Kier molecular flexibility index (Phi) is 15.0. The van der Waals surface area contributed by atoms with Crippen LogP contribution in [0.5, 0.6) is 0 Å². The first-order valence-corrected chi connectivity index (χ1v) is 20.8. The van der Waals surface area contributed by atoms with Crippen molar-refractivity contribution >= 4 is 52.1 Å². The van der Waals surface area contributed by atoms with E-state index in [1.54, 1.807) is 51.4 Å². The molecule has 1 saturated heterocycles. The van der Waals surface area contributed by atoms with Crippen molar-refractivity contribution in [3.8, 4) is 11.5 Å². The molecule has 2 atom stereocenters. The van der Waals surface area contributed by atoms with Crippen LogP contribution >= 0.6 is 0 Å². The van der Waals surface area contributed by atoms with Gasteiger partial charge in [0.25, 0.3) is 0 Å². The van der Waals surface area contributed by atoms with E-state index in [9.17, 15) is 47.0 Å². The van der Waals surface area contributed by atoms with Gasteiger partial charge in [-0.15, -0.1) is 0 Å². The molecule has 354 valence electrons. The van der Waals surface area contributed by atoms with Crippen molar-refractivity contribution in [2.45, 2.75) is 50.7 Å². The van der Waals surface area contributed by atoms with Crippen LogP contribution in [0.2, 0.25) is 0 Å². The number of amides is 5. The summed E-state index contributed by atoms with van der Waals surface area (Å²) in [5.41, 5.74) is 3.02. The lowest BCUT2D eigenvalue weighted by atomic mass is 10.0. The number of carbonyl (C=O) groups excluding carboxylic acids is 5. The zero-order valence-corrected chi connectivity index (χ0v) is 37.3. The Labute approximate surface area is 376 Å². The van der Waals surface area contributed by atoms with E-state index in [2.05, 4.69) is 31.0 Å². The minimum atomic E-state index is -4.44. The molecule has 6 rings (SSSR count). The van der Waals surface area contributed by atoms with Crippen molar-refractivity contribution in [1.82, 2.24) is 53.8 Å². The number of anilines is 2. The number of likely N-dealkylation sites (N-methyl/N-ethyl adjacent to an activating group) is 4. The Morgan fingerprint density at radius 2 is 1.70 bits per heavy atom. The van der Waals surface area contributed by atoms with Crippen molar-refractivity contribution in [2.24, 2.45) is 14.1 Å². The fourth-order valence-electron chi connectivity index (χ4n) is 7.46. The molecule has 5 aromatic rings. The molecular formula is C42H52F3N13O8. The molecule has 0 saturated carbocycles. The third-order valence-electron chi connectivity index (χ3n) is 11.0. The number of halogens is 3. The maximum Gasteiger partial charge on any atom is 0.405 e. The Morgan fingerprint density at radius 1 is 1.00 bits per heavy atom. The monoisotopic (exact) mass is 923 g/mol. The Bertz CT molecular complexity index is 2660. The molecular weight excluding hydrogens is 872 g/mol. The molecule has 21 nitrogen and oxygen atoms in total. The number of imidazole rings is 1. The smallest absolute Gasteiger partial charge is 0.405 e. The SMILES string of the molecule is CN(CC(=O)N(C)CC(=O)N(C)CC(=O)N(C)CCCc1cccc2c1n(C)c(=O)n2C1CCC(=O)NC1=O)Cc1nn(C)cc1NC(O)c1coc(-c2ccnc(NCC(F)(F)F)c2)n1. The number of benzene rings is 1. The van der Waals surface area contributed by atoms with Gasteiger partial charge in [0.1, 0.15) is 30.4 Å². The van der Waals surface area contributed by atoms with Crippen molar-refractivity contribution < 1.29 is 46.7 Å². The van der Waals surface area contributed by atoms with Crippen LogP contribution in [0.3, 0.4) is 0 Å². The largest absolute Gasteiger partial charge is 0.444 e. The van der Waals surface area contributed by atoms with Crippen molar-refractivity contribution in [1.29, 1.82) is 0 Å². The van der Waals surface area contributed by atoms with Crippen LogP contribution in [-0.4, -0.2) is 150 Å². The highest BCUT2D eigenvalue weighted by Crippen LogP contribution is 2.28. The first-order valence-electron chi connectivity index (χ1n) is 20.8. The Balaban J connectivity index is 0.951. The highest BCUT2D eigenvalue weighted by atomic mass is 19.4. The number of aliphatic hydroxyl groups excluding tert-OH is 1. The van der Waals surface area contributed by atoms with Gasteiger partial charge in [-0.2, -0.15) is 18.3 Å². The average Bonchev–Trinajstić information content (AvgIpc) is 3.95. The number of fused-ring (bicyclic) bond motifs is 1. The van der Waals surface area contributed by atoms with E-state index >= 15 is 0 Å². The number of aliphatic hydroxyl groups is 1. The normalized spacial score (nSPS) is 14.6. The lowest BCUT2D eigenvalue weighted by molar-refractivity contribution is -0.142. The minimum Gasteiger partial charge on any atom is -0.444 e. The maximum absolute atomic E-state index is 13.3. The number of aromatic nitrogens is 6. The lowest BCUT2D eigenvalue weighted by Crippen LogP contribution is -2.45. The first kappa shape index (κ1) is 48.4. The molecule has 1 fully saturated rings. The van der Waals surface area contributed by atoms with E-state index in [1.165, 1.54) is 67.2 Å². The number of alkyl halides is 3. The van der Waals surface area contributed by atoms with Gasteiger partial charge < -0.3 is 34.9 Å². The summed E-state index contributed by atoms with van der Waals surface area (Å²) >= 11 is 0. The molecule has 1 aliphatic rings. The van der Waals surface area contributed by atoms with Crippen molar-refractivity contribution in [3.63, 3.8) is 0 Å². The molecule has 5 heterocycles. The number of nitrogens with one attached hydrogen (secondary N) is 3. The number of aryl methyl sites for hydroxylation is 3. The molecule has 5 amide bonds. The zero-order valence-electron chi connectivity index (χ0n) is 37.3. The topological polar surface area (TPSA) is 238 Å². The van der Waals surface area contributed by atoms with Gasteiger partial charge in [0, 0.05) is 72.7 Å². The quantitative estimate of drug-likeness (QED) is 0.0681. The molecule has 4 N–H and O–H groups in total. The van der Waals surface area contributed by atoms with Crippen LogP contribution in [-0.2, 0) is 51.0 Å². The summed E-state index contributed by atoms with van der Waals surface area (Å²) in [5.74, 6) is -2.03. The number of rotatable bonds is 19. The van der Waals surface area contributed by atoms with E-state index in [-0.39, 0.29) is 79.8 Å². The zero-order chi connectivity index (χ0) is 48.0. The van der Waals surface area contributed by atoms with E-state index in [0.717, 1.165) is 5.56 Å². The van der Waals surface area contributed by atoms with E-state index < -0.39 is 36.8 Å². The van der Waals surface area contributed by atoms with Crippen molar-refractivity contribution in [2.75, 3.05) is 71.5 Å². The molecule has 2 unspecified atom stereocenters. The Morgan fingerprint density at radius 3 is 2.39 bits per heavy atom. The maximum atomic E-state index is 13.3. The Hall–Kier alpha value is -7.08. The average molecular weight is 924 g/mol. The number of nitrogens with zero attached hydrogens (tertiary/aromatic N) is 10. The predicted octanol–water partition coefficient (Wildman–Crippen LogP) is 1.62. The summed E-state index contributed by atoms with van der Waals surface area (Å²) in [5, 5.41) is 22.8. The predicted molar refractivity (Wildman–Crippen MR) is 232 cm³/mol. The van der Waals surface area contributed by atoms with Crippen LogP contribution in [0.4, 0.5) is 24.7 Å². The lowest BCUT2D eigenvalue weighted by Gasteiger charge is -2.25. The number of hydrogen-bond donors (Lipinski definition) is 4. The van der Waals surface area contributed by atoms with Crippen LogP contribution < -0.4 is 21.6 Å². The summed E-state index contributed by atoms with van der Waals surface area (Å²) in [7, 11) is 9.57. The number of imide groups is 1. The van der Waals surface area contributed by atoms with Crippen LogP contribution in [0.1, 0.15) is 48.5 Å². The highest BCUT2D eigenvalue weighted by molar-refractivity contribution is 6.00. The van der Waals surface area contributed by atoms with Gasteiger partial charge in [-0.05, 0) is 50.1 Å². The highest BCUT2D eigenvalue weighted by Gasteiger charge is 2.32. The van der Waals surface area contributed by atoms with Gasteiger partial charge in [0.05, 0.1) is 42.0 Å². The van der Waals surface area contributed by atoms with Gasteiger partial charge in [-0.25, -0.2) is 14.8 Å². The molecule has 0 radical (unpaired) electrons. The molecule has 24 heteroatoms.